The largest absolute Gasteiger partial charge is 0.471 e. The molecule has 0 aliphatic carbocycles. The van der Waals surface area contributed by atoms with Gasteiger partial charge < -0.3 is 9.47 Å². The van der Waals surface area contributed by atoms with Crippen LogP contribution in [0.1, 0.15) is 24.4 Å². The third kappa shape index (κ3) is 9.79. The van der Waals surface area contributed by atoms with Crippen LogP contribution in [0.3, 0.4) is 0 Å². The first-order chi connectivity index (χ1) is 14.6. The van der Waals surface area contributed by atoms with Gasteiger partial charge >= 0.3 is 12.4 Å². The molecule has 0 N–H and O–H groups in total. The Morgan fingerprint density at radius 3 is 1.82 bits per heavy atom. The SMILES string of the molecule is C.C=C(F)COc1c(CCl)c(C(F)(F)F)nn1C.C=C(F)COc1cc(C(F)(F)F)nn1C.Cl. The molecule has 2 rings (SSSR count). The van der Waals surface area contributed by atoms with Crippen molar-refractivity contribution in [1.29, 1.82) is 0 Å². The lowest BCUT2D eigenvalue weighted by Gasteiger charge is -2.07. The molecule has 0 unspecified atom stereocenters. The fourth-order valence-electron chi connectivity index (χ4n) is 2.10. The average molecular weight is 549 g/mol. The molecule has 0 bridgehead atoms. The minimum absolute atomic E-state index is 0. The maximum Gasteiger partial charge on any atom is 0.435 e. The molecule has 0 aliphatic heterocycles. The molecule has 34 heavy (non-hydrogen) atoms. The second-order valence-corrected chi connectivity index (χ2v) is 6.26. The van der Waals surface area contributed by atoms with Gasteiger partial charge in [0.2, 0.25) is 11.8 Å². The zero-order chi connectivity index (χ0) is 24.9. The molecule has 0 spiro atoms. The molecule has 16 heteroatoms. The first kappa shape index (κ1) is 33.7. The highest BCUT2D eigenvalue weighted by Crippen LogP contribution is 2.36. The monoisotopic (exact) mass is 548 g/mol. The molecule has 0 radical (unpaired) electrons. The Hall–Kier alpha value is -2.48. The number of alkyl halides is 7. The Labute approximate surface area is 201 Å². The summed E-state index contributed by atoms with van der Waals surface area (Å²) in [6, 6.07) is 0.697. The normalized spacial score (nSPS) is 10.9. The Morgan fingerprint density at radius 1 is 0.941 bits per heavy atom. The molecule has 0 amide bonds. The van der Waals surface area contributed by atoms with Crippen LogP contribution >= 0.6 is 24.0 Å². The van der Waals surface area contributed by atoms with Crippen LogP contribution in [0.15, 0.2) is 30.9 Å². The molecule has 0 aromatic carbocycles. The smallest absolute Gasteiger partial charge is 0.435 e. The summed E-state index contributed by atoms with van der Waals surface area (Å²) < 4.78 is 110. The first-order valence-corrected chi connectivity index (χ1v) is 8.83. The zero-order valence-electron chi connectivity index (χ0n) is 17.0. The summed E-state index contributed by atoms with van der Waals surface area (Å²) in [5.74, 6) is -2.39. The number of aryl methyl sites for hydroxylation is 2. The van der Waals surface area contributed by atoms with Gasteiger partial charge in [0.25, 0.3) is 0 Å². The molecule has 196 valence electrons. The van der Waals surface area contributed by atoms with Crippen molar-refractivity contribution in [3.8, 4) is 11.8 Å². The molecular weight excluding hydrogens is 527 g/mol. The standard InChI is InChI=1S/C9H9ClF4N2O.C8H8F4N2O.CH4.ClH/c1-5(11)4-17-8-6(3-10)7(9(12,13)14)15-16(8)2;1-5(9)4-15-7-3-6(8(10,11)12)13-14(7)2;;/h1,3-4H2,2H3;3H,1,4H2,2H3;1H4;1H. The van der Waals surface area contributed by atoms with Crippen LogP contribution in [0.5, 0.6) is 11.8 Å². The lowest BCUT2D eigenvalue weighted by molar-refractivity contribution is -0.142. The van der Waals surface area contributed by atoms with Crippen molar-refractivity contribution in [3.63, 3.8) is 0 Å². The number of halogens is 10. The third-order valence-corrected chi connectivity index (χ3v) is 3.63. The first-order valence-electron chi connectivity index (χ1n) is 8.30. The van der Waals surface area contributed by atoms with Gasteiger partial charge in [-0.15, -0.1) is 24.0 Å². The van der Waals surface area contributed by atoms with Crippen molar-refractivity contribution in [1.82, 2.24) is 19.6 Å². The van der Waals surface area contributed by atoms with Gasteiger partial charge in [-0.3, -0.25) is 0 Å². The summed E-state index contributed by atoms with van der Waals surface area (Å²) in [5.41, 5.74) is -2.53. The molecular formula is C18H22Cl2F8N4O2. The van der Waals surface area contributed by atoms with E-state index in [1.165, 1.54) is 14.1 Å². The summed E-state index contributed by atoms with van der Waals surface area (Å²) in [6.07, 6.45) is -9.16. The Bertz CT molecular complexity index is 955. The van der Waals surface area contributed by atoms with E-state index < -0.39 is 54.5 Å². The van der Waals surface area contributed by atoms with Crippen LogP contribution < -0.4 is 9.47 Å². The Kier molecular flexibility index (Phi) is 13.3. The number of rotatable bonds is 7. The van der Waals surface area contributed by atoms with Crippen molar-refractivity contribution in [2.45, 2.75) is 25.7 Å². The van der Waals surface area contributed by atoms with Crippen LogP contribution in [0, 0.1) is 0 Å². The summed E-state index contributed by atoms with van der Waals surface area (Å²) >= 11 is 5.42. The predicted molar refractivity (Wildman–Crippen MR) is 111 cm³/mol. The van der Waals surface area contributed by atoms with Crippen molar-refractivity contribution in [3.05, 3.63) is 47.8 Å². The van der Waals surface area contributed by atoms with E-state index in [2.05, 4.69) is 23.4 Å². The number of nitrogens with zero attached hydrogens (tertiary/aromatic N) is 4. The number of hydrogen-bond donors (Lipinski definition) is 0. The van der Waals surface area contributed by atoms with Crippen molar-refractivity contribution < 1.29 is 44.6 Å². The minimum Gasteiger partial charge on any atom is -0.471 e. The van der Waals surface area contributed by atoms with Crippen LogP contribution in [0.4, 0.5) is 35.1 Å². The second kappa shape index (κ2) is 13.4. The Morgan fingerprint density at radius 2 is 1.44 bits per heavy atom. The van der Waals surface area contributed by atoms with Crippen LogP contribution in [-0.4, -0.2) is 32.8 Å². The van der Waals surface area contributed by atoms with Crippen molar-refractivity contribution in [2.24, 2.45) is 14.1 Å². The van der Waals surface area contributed by atoms with E-state index >= 15 is 0 Å². The molecule has 0 saturated carbocycles. The molecule has 2 heterocycles. The van der Waals surface area contributed by atoms with Gasteiger partial charge in [0.1, 0.15) is 24.9 Å². The Balaban J connectivity index is 0. The second-order valence-electron chi connectivity index (χ2n) is 5.99. The maximum absolute atomic E-state index is 12.5. The molecule has 2 aromatic rings. The van der Waals surface area contributed by atoms with Gasteiger partial charge in [-0.2, -0.15) is 36.5 Å². The van der Waals surface area contributed by atoms with Gasteiger partial charge in [0.05, 0.1) is 11.4 Å². The summed E-state index contributed by atoms with van der Waals surface area (Å²) in [5, 5.41) is 6.44. The maximum atomic E-state index is 12.5. The molecule has 0 fully saturated rings. The molecule has 0 atom stereocenters. The highest BCUT2D eigenvalue weighted by molar-refractivity contribution is 6.17. The van der Waals surface area contributed by atoms with E-state index in [0.717, 1.165) is 9.36 Å². The summed E-state index contributed by atoms with van der Waals surface area (Å²) in [6.45, 7) is 4.82. The zero-order valence-corrected chi connectivity index (χ0v) is 18.6. The molecule has 0 saturated heterocycles. The van der Waals surface area contributed by atoms with Crippen LogP contribution in [0.25, 0.3) is 0 Å². The average Bonchev–Trinajstić information content (AvgIpc) is 3.17. The molecule has 6 nitrogen and oxygen atoms in total. The number of hydrogen-bond acceptors (Lipinski definition) is 4. The van der Waals surface area contributed by atoms with Crippen molar-refractivity contribution in [2.75, 3.05) is 13.2 Å². The van der Waals surface area contributed by atoms with Crippen molar-refractivity contribution >= 4 is 24.0 Å². The van der Waals surface area contributed by atoms with Gasteiger partial charge in [-0.25, -0.2) is 18.1 Å². The quantitative estimate of drug-likeness (QED) is 0.297. The lowest BCUT2D eigenvalue weighted by atomic mass is 10.2. The third-order valence-electron chi connectivity index (χ3n) is 3.36. The lowest BCUT2D eigenvalue weighted by Crippen LogP contribution is -2.09. The van der Waals surface area contributed by atoms with Gasteiger partial charge in [-0.05, 0) is 0 Å². The summed E-state index contributed by atoms with van der Waals surface area (Å²) in [4.78, 5) is 0. The molecule has 0 aliphatic rings. The highest BCUT2D eigenvalue weighted by Gasteiger charge is 2.39. The van der Waals surface area contributed by atoms with E-state index in [0.29, 0.717) is 6.07 Å². The van der Waals surface area contributed by atoms with Gasteiger partial charge in [0.15, 0.2) is 11.4 Å². The summed E-state index contributed by atoms with van der Waals surface area (Å²) in [7, 11) is 2.52. The highest BCUT2D eigenvalue weighted by atomic mass is 35.5. The molecule has 2 aromatic heterocycles. The van der Waals surface area contributed by atoms with E-state index in [4.69, 9.17) is 21.1 Å². The topological polar surface area (TPSA) is 54.1 Å². The minimum atomic E-state index is -4.63. The van der Waals surface area contributed by atoms with E-state index in [-0.39, 0.29) is 37.2 Å². The number of ether oxygens (including phenoxy) is 2. The van der Waals surface area contributed by atoms with Gasteiger partial charge in [0, 0.05) is 20.2 Å². The predicted octanol–water partition coefficient (Wildman–Crippen LogP) is 6.40. The van der Waals surface area contributed by atoms with Crippen LogP contribution in [-0.2, 0) is 32.3 Å². The fourth-order valence-corrected chi connectivity index (χ4v) is 2.34. The van der Waals surface area contributed by atoms with E-state index in [1.54, 1.807) is 0 Å². The van der Waals surface area contributed by atoms with Crippen LogP contribution in [0.2, 0.25) is 0 Å². The van der Waals surface area contributed by atoms with Gasteiger partial charge in [-0.1, -0.05) is 20.6 Å². The van der Waals surface area contributed by atoms with E-state index in [1.807, 2.05) is 0 Å². The fraction of sp³-hybridized carbons (Fsp3) is 0.444. The number of aromatic nitrogens is 4. The van der Waals surface area contributed by atoms with E-state index in [9.17, 15) is 35.1 Å².